The van der Waals surface area contributed by atoms with Crippen LogP contribution in [-0.2, 0) is 19.1 Å². The van der Waals surface area contributed by atoms with Gasteiger partial charge in [0.05, 0.1) is 6.42 Å². The number of aryl methyl sites for hydroxylation is 2. The molecule has 0 saturated carbocycles. The quantitative estimate of drug-likeness (QED) is 0.305. The Balaban J connectivity index is 3.60. The summed E-state index contributed by atoms with van der Waals surface area (Å²) in [4.78, 5) is 54.1. The fourth-order valence-electron chi connectivity index (χ4n) is 4.25. The van der Waals surface area contributed by atoms with E-state index in [4.69, 9.17) is 10.5 Å². The van der Waals surface area contributed by atoms with E-state index in [0.717, 1.165) is 36.8 Å². The molecule has 0 aliphatic heterocycles. The van der Waals surface area contributed by atoms with Crippen molar-refractivity contribution in [3.63, 3.8) is 0 Å². The van der Waals surface area contributed by atoms with E-state index in [9.17, 15) is 19.2 Å². The lowest BCUT2D eigenvalue weighted by molar-refractivity contribution is -0.144. The molecule has 0 aliphatic rings. The fraction of sp³-hybridized carbons (Fsp3) is 0.667. The third-order valence-corrected chi connectivity index (χ3v) is 5.97. The van der Waals surface area contributed by atoms with Crippen LogP contribution in [0, 0.1) is 13.8 Å². The van der Waals surface area contributed by atoms with Crippen molar-refractivity contribution in [1.82, 2.24) is 15.5 Å². The number of alkyl carbamates (subject to hydrolysis) is 1. The first-order chi connectivity index (χ1) is 17.9. The highest BCUT2D eigenvalue weighted by atomic mass is 16.6. The molecule has 2 atom stereocenters. The molecule has 9 heteroatoms. The van der Waals surface area contributed by atoms with Gasteiger partial charge < -0.3 is 26.0 Å². The normalized spacial score (nSPS) is 13.3. The number of nitrogens with zero attached hydrogens (tertiary/aromatic N) is 1. The molecule has 0 radical (unpaired) electrons. The van der Waals surface area contributed by atoms with Gasteiger partial charge in [-0.05, 0) is 72.9 Å². The molecule has 0 heterocycles. The molecule has 0 aliphatic carbocycles. The second kappa shape index (κ2) is 14.9. The van der Waals surface area contributed by atoms with Crippen molar-refractivity contribution in [2.75, 3.05) is 6.54 Å². The number of rotatable bonds is 13. The van der Waals surface area contributed by atoms with Crippen LogP contribution in [0.25, 0.3) is 0 Å². The largest absolute Gasteiger partial charge is 0.444 e. The highest BCUT2D eigenvalue weighted by molar-refractivity contribution is 5.94. The van der Waals surface area contributed by atoms with Crippen molar-refractivity contribution in [1.29, 1.82) is 0 Å². The minimum absolute atomic E-state index is 0.267. The van der Waals surface area contributed by atoms with Crippen molar-refractivity contribution < 1.29 is 23.9 Å². The fourth-order valence-corrected chi connectivity index (χ4v) is 4.25. The van der Waals surface area contributed by atoms with E-state index in [-0.39, 0.29) is 12.5 Å². The van der Waals surface area contributed by atoms with Crippen LogP contribution in [0.3, 0.4) is 0 Å². The topological polar surface area (TPSA) is 131 Å². The van der Waals surface area contributed by atoms with Gasteiger partial charge >= 0.3 is 6.09 Å². The van der Waals surface area contributed by atoms with E-state index in [1.807, 2.05) is 52.8 Å². The summed E-state index contributed by atoms with van der Waals surface area (Å²) in [5, 5.41) is 5.56. The zero-order valence-corrected chi connectivity index (χ0v) is 25.4. The summed E-state index contributed by atoms with van der Waals surface area (Å²) in [7, 11) is 0. The first-order valence-corrected chi connectivity index (χ1v) is 13.9. The predicted octanol–water partition coefficient (Wildman–Crippen LogP) is 4.83. The average Bonchev–Trinajstić information content (AvgIpc) is 2.76. The van der Waals surface area contributed by atoms with Crippen LogP contribution in [0.4, 0.5) is 4.79 Å². The van der Waals surface area contributed by atoms with Crippen LogP contribution in [-0.4, -0.2) is 52.4 Å². The number of nitrogens with one attached hydrogen (secondary N) is 2. The van der Waals surface area contributed by atoms with Crippen molar-refractivity contribution >= 4 is 23.8 Å². The summed E-state index contributed by atoms with van der Waals surface area (Å²) >= 11 is 0. The summed E-state index contributed by atoms with van der Waals surface area (Å²) in [6, 6.07) is 3.52. The van der Waals surface area contributed by atoms with Crippen LogP contribution >= 0.6 is 0 Å². The first-order valence-electron chi connectivity index (χ1n) is 13.9. The van der Waals surface area contributed by atoms with Gasteiger partial charge in [-0.2, -0.15) is 0 Å². The molecule has 2 unspecified atom stereocenters. The molecule has 0 aromatic heterocycles. The Kier molecular flexibility index (Phi) is 13.0. The summed E-state index contributed by atoms with van der Waals surface area (Å²) in [6.07, 6.45) is 3.41. The Morgan fingerprint density at radius 3 is 2.13 bits per heavy atom. The van der Waals surface area contributed by atoms with Crippen molar-refractivity contribution in [2.45, 2.75) is 124 Å². The predicted molar refractivity (Wildman–Crippen MR) is 154 cm³/mol. The first kappa shape index (κ1) is 33.9. The maximum Gasteiger partial charge on any atom is 0.408 e. The molecule has 1 aromatic rings. The third kappa shape index (κ3) is 12.5. The Morgan fingerprint density at radius 1 is 0.974 bits per heavy atom. The zero-order chi connectivity index (χ0) is 30.0. The number of hydrogen-bond donors (Lipinski definition) is 3. The number of primary amides is 1. The maximum absolute atomic E-state index is 14.1. The molecule has 0 fully saturated rings. The van der Waals surface area contributed by atoms with Gasteiger partial charge in [0, 0.05) is 12.1 Å². The van der Waals surface area contributed by atoms with E-state index in [1.165, 1.54) is 4.90 Å². The van der Waals surface area contributed by atoms with Crippen LogP contribution in [0.2, 0.25) is 0 Å². The highest BCUT2D eigenvalue weighted by Gasteiger charge is 2.38. The van der Waals surface area contributed by atoms with Gasteiger partial charge in [0.25, 0.3) is 0 Å². The maximum atomic E-state index is 14.1. The minimum Gasteiger partial charge on any atom is -0.444 e. The zero-order valence-electron chi connectivity index (χ0n) is 25.4. The summed E-state index contributed by atoms with van der Waals surface area (Å²) in [5.41, 5.74) is 6.61. The van der Waals surface area contributed by atoms with Gasteiger partial charge in [0.1, 0.15) is 17.7 Å². The molecular weight excluding hydrogens is 496 g/mol. The molecule has 0 bridgehead atoms. The Morgan fingerprint density at radius 2 is 1.59 bits per heavy atom. The Labute approximate surface area is 234 Å². The Bertz CT molecular complexity index is 994. The van der Waals surface area contributed by atoms with Crippen molar-refractivity contribution in [3.8, 4) is 0 Å². The van der Waals surface area contributed by atoms with E-state index < -0.39 is 47.6 Å². The van der Waals surface area contributed by atoms with Crippen LogP contribution < -0.4 is 16.4 Å². The minimum atomic E-state index is -1.29. The van der Waals surface area contributed by atoms with Crippen molar-refractivity contribution in [2.24, 2.45) is 5.73 Å². The van der Waals surface area contributed by atoms with Gasteiger partial charge in [0.2, 0.25) is 17.7 Å². The van der Waals surface area contributed by atoms with E-state index in [0.29, 0.717) is 12.0 Å². The highest BCUT2D eigenvalue weighted by Crippen LogP contribution is 2.28. The second-order valence-electron chi connectivity index (χ2n) is 12.3. The van der Waals surface area contributed by atoms with Gasteiger partial charge in [-0.1, -0.05) is 56.4 Å². The Hall–Kier alpha value is -3.10. The molecule has 0 spiro atoms. The molecule has 4 amide bonds. The molecule has 9 nitrogen and oxygen atoms in total. The van der Waals surface area contributed by atoms with Gasteiger partial charge in [-0.25, -0.2) is 4.79 Å². The lowest BCUT2D eigenvalue weighted by Crippen LogP contribution is -2.55. The average molecular weight is 547 g/mol. The number of carbonyl (C=O) groups is 4. The monoisotopic (exact) mass is 546 g/mol. The smallest absolute Gasteiger partial charge is 0.408 e. The third-order valence-electron chi connectivity index (χ3n) is 5.97. The van der Waals surface area contributed by atoms with Gasteiger partial charge in [0.15, 0.2) is 0 Å². The molecule has 39 heavy (non-hydrogen) atoms. The SMILES string of the molecule is CCCCCCCN(C(=O)C(CC(N)=O)NC(=O)OC(C)(C)C)C(C(=O)NC(C)(C)C)c1cc(C)ccc1C. The number of hydrogen-bond acceptors (Lipinski definition) is 5. The summed E-state index contributed by atoms with van der Waals surface area (Å²) in [6.45, 7) is 17.0. The number of nitrogens with two attached hydrogens (primary N) is 1. The lowest BCUT2D eigenvalue weighted by Gasteiger charge is -2.36. The molecule has 1 aromatic carbocycles. The molecular formula is C30H50N4O5. The van der Waals surface area contributed by atoms with Gasteiger partial charge in [-0.15, -0.1) is 0 Å². The number of amides is 4. The van der Waals surface area contributed by atoms with Crippen molar-refractivity contribution in [3.05, 3.63) is 34.9 Å². The molecule has 4 N–H and O–H groups in total. The van der Waals surface area contributed by atoms with E-state index in [2.05, 4.69) is 17.6 Å². The molecule has 220 valence electrons. The number of ether oxygens (including phenoxy) is 1. The van der Waals surface area contributed by atoms with Crippen LogP contribution in [0.15, 0.2) is 18.2 Å². The van der Waals surface area contributed by atoms with E-state index in [1.54, 1.807) is 20.8 Å². The standard InChI is InChI=1S/C30H50N4O5/c1-10-11-12-13-14-17-34(27(37)23(19-24(31)35)32-28(38)39-30(7,8)9)25(26(36)33-29(4,5)6)22-18-20(2)15-16-21(22)3/h15-16,18,23,25H,10-14,17,19H2,1-9H3,(H2,31,35)(H,32,38)(H,33,36). The second-order valence-corrected chi connectivity index (χ2v) is 12.3. The van der Waals surface area contributed by atoms with Gasteiger partial charge in [-0.3, -0.25) is 14.4 Å². The lowest BCUT2D eigenvalue weighted by atomic mass is 9.94. The molecule has 1 rings (SSSR count). The molecule has 0 saturated heterocycles. The summed E-state index contributed by atoms with van der Waals surface area (Å²) in [5.74, 6) is -1.66. The van der Waals surface area contributed by atoms with E-state index >= 15 is 0 Å². The number of carbonyl (C=O) groups excluding carboxylic acids is 4. The van der Waals surface area contributed by atoms with Crippen LogP contribution in [0.5, 0.6) is 0 Å². The van der Waals surface area contributed by atoms with Crippen LogP contribution in [0.1, 0.15) is 110 Å². The number of benzene rings is 1. The number of unbranched alkanes of at least 4 members (excludes halogenated alkanes) is 4. The summed E-state index contributed by atoms with van der Waals surface area (Å²) < 4.78 is 5.35.